The molecule has 0 aromatic carbocycles. The van der Waals surface area contributed by atoms with Crippen molar-refractivity contribution in [2.24, 2.45) is 12.0 Å². The van der Waals surface area contributed by atoms with E-state index >= 15 is 0 Å². The van der Waals surface area contributed by atoms with Gasteiger partial charge in [-0.1, -0.05) is 20.8 Å². The smallest absolute Gasteiger partial charge is 0.193 e. The van der Waals surface area contributed by atoms with Gasteiger partial charge in [0.15, 0.2) is 5.96 Å². The van der Waals surface area contributed by atoms with Crippen LogP contribution in [0.3, 0.4) is 0 Å². The van der Waals surface area contributed by atoms with Crippen molar-refractivity contribution < 1.29 is 0 Å². The molecule has 150 valence electrons. The van der Waals surface area contributed by atoms with Gasteiger partial charge in [0.25, 0.3) is 0 Å². The number of nitrogens with zero attached hydrogens (tertiary/aromatic N) is 5. The zero-order chi connectivity index (χ0) is 20.0. The molecule has 1 N–H and O–H groups in total. The summed E-state index contributed by atoms with van der Waals surface area (Å²) in [5.41, 5.74) is 3.63. The van der Waals surface area contributed by atoms with Crippen LogP contribution in [0.5, 0.6) is 0 Å². The Morgan fingerprint density at radius 2 is 2.11 bits per heavy atom. The first-order valence-electron chi connectivity index (χ1n) is 9.82. The van der Waals surface area contributed by atoms with E-state index in [1.54, 1.807) is 11.3 Å². The van der Waals surface area contributed by atoms with Crippen LogP contribution in [-0.2, 0) is 26.4 Å². The van der Waals surface area contributed by atoms with Crippen molar-refractivity contribution in [2.75, 3.05) is 20.1 Å². The van der Waals surface area contributed by atoms with Crippen LogP contribution in [0.4, 0.5) is 0 Å². The molecule has 0 amide bonds. The molecule has 0 atom stereocenters. The molecule has 0 aliphatic heterocycles. The first-order chi connectivity index (χ1) is 12.8. The first kappa shape index (κ1) is 21.4. The van der Waals surface area contributed by atoms with E-state index in [1.165, 1.54) is 21.1 Å². The molecule has 0 aliphatic carbocycles. The molecule has 2 aromatic heterocycles. The molecule has 27 heavy (non-hydrogen) atoms. The van der Waals surface area contributed by atoms with Gasteiger partial charge in [-0.15, -0.1) is 11.3 Å². The lowest BCUT2D eigenvalue weighted by atomic mass is 10.1. The van der Waals surface area contributed by atoms with E-state index in [0.29, 0.717) is 5.92 Å². The lowest BCUT2D eigenvalue weighted by Gasteiger charge is -2.22. The zero-order valence-corrected chi connectivity index (χ0v) is 18.7. The molecule has 0 bridgehead atoms. The van der Waals surface area contributed by atoms with Gasteiger partial charge in [-0.2, -0.15) is 5.10 Å². The van der Waals surface area contributed by atoms with Gasteiger partial charge in [0.2, 0.25) is 0 Å². The van der Waals surface area contributed by atoms with Gasteiger partial charge in [0.1, 0.15) is 0 Å². The molecule has 0 unspecified atom stereocenters. The summed E-state index contributed by atoms with van der Waals surface area (Å²) in [5, 5.41) is 9.20. The number of thiazole rings is 1. The topological polar surface area (TPSA) is 58.3 Å². The molecule has 0 spiro atoms. The molecule has 0 saturated heterocycles. The Hall–Kier alpha value is -1.89. The van der Waals surface area contributed by atoms with E-state index in [1.807, 2.05) is 11.7 Å². The summed E-state index contributed by atoms with van der Waals surface area (Å²) in [7, 11) is 4.07. The monoisotopic (exact) mass is 390 g/mol. The van der Waals surface area contributed by atoms with Gasteiger partial charge in [-0.05, 0) is 26.2 Å². The number of aliphatic imine (C=N–C) groups is 1. The average molecular weight is 391 g/mol. The number of guanidine groups is 1. The highest BCUT2D eigenvalue weighted by atomic mass is 32.1. The second-order valence-corrected chi connectivity index (χ2v) is 8.46. The number of hydrogen-bond donors (Lipinski definition) is 1. The quantitative estimate of drug-likeness (QED) is 0.553. The van der Waals surface area contributed by atoms with E-state index in [0.717, 1.165) is 44.1 Å². The lowest BCUT2D eigenvalue weighted by molar-refractivity contribution is 0.473. The van der Waals surface area contributed by atoms with Crippen LogP contribution >= 0.6 is 11.3 Å². The molecule has 0 radical (unpaired) electrons. The molecule has 6 nitrogen and oxygen atoms in total. The van der Waals surface area contributed by atoms with Crippen molar-refractivity contribution in [1.82, 2.24) is 25.0 Å². The van der Waals surface area contributed by atoms with Gasteiger partial charge in [-0.3, -0.25) is 9.67 Å². The third-order valence-electron chi connectivity index (χ3n) is 4.45. The van der Waals surface area contributed by atoms with Gasteiger partial charge >= 0.3 is 0 Å². The van der Waals surface area contributed by atoms with Crippen LogP contribution in [0.1, 0.15) is 60.4 Å². The Labute approximate surface area is 167 Å². The largest absolute Gasteiger partial charge is 0.357 e. The minimum absolute atomic E-state index is 0.412. The summed E-state index contributed by atoms with van der Waals surface area (Å²) in [5.74, 6) is 1.34. The van der Waals surface area contributed by atoms with Gasteiger partial charge in [0.05, 0.1) is 16.4 Å². The Kier molecular flexibility index (Phi) is 7.83. The van der Waals surface area contributed by atoms with Crippen LogP contribution in [0.15, 0.2) is 11.2 Å². The third kappa shape index (κ3) is 5.79. The highest BCUT2D eigenvalue weighted by molar-refractivity contribution is 7.11. The van der Waals surface area contributed by atoms with Crippen LogP contribution < -0.4 is 5.32 Å². The Balaban J connectivity index is 2.05. The molecular formula is C20H34N6S. The molecule has 0 saturated carbocycles. The number of hydrogen-bond acceptors (Lipinski definition) is 4. The number of rotatable bonds is 8. The van der Waals surface area contributed by atoms with E-state index in [4.69, 9.17) is 9.98 Å². The van der Waals surface area contributed by atoms with Crippen LogP contribution in [-0.4, -0.2) is 45.8 Å². The van der Waals surface area contributed by atoms with Crippen molar-refractivity contribution in [3.63, 3.8) is 0 Å². The molecule has 2 aromatic rings. The normalized spacial score (nSPS) is 12.1. The second kappa shape index (κ2) is 9.88. The Bertz CT molecular complexity index is 759. The molecule has 2 rings (SSSR count). The van der Waals surface area contributed by atoms with Gasteiger partial charge in [0, 0.05) is 56.8 Å². The van der Waals surface area contributed by atoms with Crippen LogP contribution in [0.25, 0.3) is 0 Å². The predicted molar refractivity (Wildman–Crippen MR) is 115 cm³/mol. The summed E-state index contributed by atoms with van der Waals surface area (Å²) in [4.78, 5) is 13.1. The summed E-state index contributed by atoms with van der Waals surface area (Å²) in [6.07, 6.45) is 4.00. The van der Waals surface area contributed by atoms with Gasteiger partial charge in [-0.25, -0.2) is 4.98 Å². The van der Waals surface area contributed by atoms with Crippen LogP contribution in [0, 0.1) is 6.92 Å². The number of aromatic nitrogens is 3. The summed E-state index contributed by atoms with van der Waals surface area (Å²) in [6, 6.07) is 0. The first-order valence-corrected chi connectivity index (χ1v) is 10.6. The predicted octanol–water partition coefficient (Wildman–Crippen LogP) is 3.51. The standard InChI is InChI=1S/C20H34N6S/c1-8-17-15(5)27-18(23-17)10-11-22-20(21-9-2)25(6)12-16-13-26(7)24-19(16)14(3)4/h13-14H,8-12H2,1-7H3,(H,21,22). The van der Waals surface area contributed by atoms with Crippen molar-refractivity contribution in [2.45, 2.75) is 59.9 Å². The number of nitrogens with one attached hydrogen (secondary N) is 1. The molecular weight excluding hydrogens is 356 g/mol. The average Bonchev–Trinajstić information content (AvgIpc) is 3.16. The fraction of sp³-hybridized carbons (Fsp3) is 0.650. The molecule has 7 heteroatoms. The van der Waals surface area contributed by atoms with Crippen molar-refractivity contribution >= 4 is 17.3 Å². The highest BCUT2D eigenvalue weighted by Crippen LogP contribution is 2.19. The van der Waals surface area contributed by atoms with Crippen molar-refractivity contribution in [1.29, 1.82) is 0 Å². The van der Waals surface area contributed by atoms with E-state index in [-0.39, 0.29) is 0 Å². The second-order valence-electron chi connectivity index (χ2n) is 7.17. The molecule has 0 fully saturated rings. The van der Waals surface area contributed by atoms with E-state index < -0.39 is 0 Å². The SMILES string of the molecule is CCNC(=NCCc1nc(CC)c(C)s1)N(C)Cc1cn(C)nc1C(C)C. The summed E-state index contributed by atoms with van der Waals surface area (Å²) < 4.78 is 1.90. The van der Waals surface area contributed by atoms with Crippen LogP contribution in [0.2, 0.25) is 0 Å². The van der Waals surface area contributed by atoms with Crippen molar-refractivity contribution in [3.05, 3.63) is 33.0 Å². The lowest BCUT2D eigenvalue weighted by Crippen LogP contribution is -2.38. The number of aryl methyl sites for hydroxylation is 3. The fourth-order valence-electron chi connectivity index (χ4n) is 3.14. The summed E-state index contributed by atoms with van der Waals surface area (Å²) >= 11 is 1.80. The maximum absolute atomic E-state index is 4.82. The zero-order valence-electron chi connectivity index (χ0n) is 17.8. The third-order valence-corrected chi connectivity index (χ3v) is 5.52. The summed E-state index contributed by atoms with van der Waals surface area (Å²) in [6.45, 7) is 13.2. The Morgan fingerprint density at radius 3 is 2.70 bits per heavy atom. The molecule has 2 heterocycles. The highest BCUT2D eigenvalue weighted by Gasteiger charge is 2.15. The van der Waals surface area contributed by atoms with E-state index in [9.17, 15) is 0 Å². The molecule has 0 aliphatic rings. The maximum atomic E-state index is 4.82. The maximum Gasteiger partial charge on any atom is 0.193 e. The minimum atomic E-state index is 0.412. The fourth-order valence-corrected chi connectivity index (χ4v) is 4.15. The Morgan fingerprint density at radius 1 is 1.37 bits per heavy atom. The van der Waals surface area contributed by atoms with Crippen molar-refractivity contribution in [3.8, 4) is 0 Å². The van der Waals surface area contributed by atoms with E-state index in [2.05, 4.69) is 63.2 Å². The van der Waals surface area contributed by atoms with Gasteiger partial charge < -0.3 is 10.2 Å². The minimum Gasteiger partial charge on any atom is -0.357 e.